The van der Waals surface area contributed by atoms with Crippen molar-refractivity contribution in [3.05, 3.63) is 23.8 Å². The molecule has 0 saturated carbocycles. The van der Waals surface area contributed by atoms with E-state index < -0.39 is 116 Å². The molecule has 17 unspecified atom stereocenters. The van der Waals surface area contributed by atoms with E-state index in [1.165, 1.54) is 20.3 Å². The van der Waals surface area contributed by atoms with Gasteiger partial charge in [0, 0.05) is 38.4 Å². The monoisotopic (exact) mass is 771 g/mol. The summed E-state index contributed by atoms with van der Waals surface area (Å²) in [6.45, 7) is 10.5. The summed E-state index contributed by atoms with van der Waals surface area (Å²) in [4.78, 5) is 40.8. The highest BCUT2D eigenvalue weighted by molar-refractivity contribution is 5.91. The number of hydrogen-bond acceptors (Lipinski definition) is 15. The van der Waals surface area contributed by atoms with Crippen molar-refractivity contribution >= 4 is 18.0 Å². The number of allylic oxidation sites excluding steroid dienone is 3. The average Bonchev–Trinajstić information content (AvgIpc) is 3.12. The van der Waals surface area contributed by atoms with E-state index in [1.54, 1.807) is 52.8 Å². The third-order valence-corrected chi connectivity index (χ3v) is 11.1. The summed E-state index contributed by atoms with van der Waals surface area (Å²) >= 11 is 0. The van der Waals surface area contributed by atoms with Crippen LogP contribution < -0.4 is 0 Å². The first-order chi connectivity index (χ1) is 25.5. The molecule has 15 nitrogen and oxygen atoms in total. The lowest BCUT2D eigenvalue weighted by molar-refractivity contribution is -0.304. The summed E-state index contributed by atoms with van der Waals surface area (Å²) in [6.07, 6.45) is -5.36. The van der Waals surface area contributed by atoms with E-state index in [1.807, 2.05) is 19.9 Å². The number of hydrogen-bond donors (Lipinski definition) is 4. The third-order valence-electron chi connectivity index (χ3n) is 11.1. The SMILES string of the molecule is CCC1OC(=O)CC(O)C(C)C(OC2OC(C)C(O)C(N(C)C)C2O)C(CC=O)CC(C)C(=O)/C=C\C(C)=C/C1COC1OC(C)C(O)C(OC)C1OC. The van der Waals surface area contributed by atoms with Crippen molar-refractivity contribution in [1.29, 1.82) is 0 Å². The van der Waals surface area contributed by atoms with E-state index >= 15 is 0 Å². The van der Waals surface area contributed by atoms with Gasteiger partial charge in [-0.15, -0.1) is 0 Å². The van der Waals surface area contributed by atoms with Gasteiger partial charge in [-0.3, -0.25) is 9.59 Å². The summed E-state index contributed by atoms with van der Waals surface area (Å²) in [7, 11) is 6.36. The molecule has 17 atom stereocenters. The van der Waals surface area contributed by atoms with Crippen molar-refractivity contribution in [2.24, 2.45) is 23.7 Å². The molecular weight excluding hydrogens is 706 g/mol. The van der Waals surface area contributed by atoms with Crippen molar-refractivity contribution in [2.75, 3.05) is 34.9 Å². The van der Waals surface area contributed by atoms with Crippen LogP contribution in [0.4, 0.5) is 0 Å². The Morgan fingerprint density at radius 1 is 0.889 bits per heavy atom. The Kier molecular flexibility index (Phi) is 18.3. The minimum atomic E-state index is -1.31. The van der Waals surface area contributed by atoms with Crippen molar-refractivity contribution < 1.29 is 68.0 Å². The number of aliphatic hydroxyl groups excluding tert-OH is 4. The van der Waals surface area contributed by atoms with Crippen LogP contribution in [0.5, 0.6) is 0 Å². The molecule has 0 aliphatic carbocycles. The Morgan fingerprint density at radius 3 is 2.11 bits per heavy atom. The summed E-state index contributed by atoms with van der Waals surface area (Å²) < 4.78 is 41.6. The highest BCUT2D eigenvalue weighted by atomic mass is 16.7. The molecule has 0 radical (unpaired) electrons. The summed E-state index contributed by atoms with van der Waals surface area (Å²) in [6, 6.07) is -0.740. The van der Waals surface area contributed by atoms with E-state index in [-0.39, 0.29) is 25.2 Å². The van der Waals surface area contributed by atoms with E-state index in [0.29, 0.717) is 12.0 Å². The number of aldehydes is 1. The predicted molar refractivity (Wildman–Crippen MR) is 196 cm³/mol. The zero-order valence-electron chi connectivity index (χ0n) is 33.5. The maximum absolute atomic E-state index is 13.6. The maximum Gasteiger partial charge on any atom is 0.308 e. The van der Waals surface area contributed by atoms with Crippen LogP contribution in [0.25, 0.3) is 0 Å². The molecule has 3 aliphatic rings. The average molecular weight is 772 g/mol. The molecule has 0 aromatic rings. The van der Waals surface area contributed by atoms with Gasteiger partial charge in [0.15, 0.2) is 18.4 Å². The molecule has 0 amide bonds. The van der Waals surface area contributed by atoms with Crippen LogP contribution in [0, 0.1) is 23.7 Å². The Hall–Kier alpha value is -2.15. The highest BCUT2D eigenvalue weighted by Crippen LogP contribution is 2.35. The minimum absolute atomic E-state index is 0.0120. The Bertz CT molecular complexity index is 1260. The second-order valence-corrected chi connectivity index (χ2v) is 15.4. The number of aliphatic hydroxyl groups is 4. The molecule has 310 valence electrons. The van der Waals surface area contributed by atoms with Gasteiger partial charge in [-0.1, -0.05) is 38.5 Å². The summed E-state index contributed by atoms with van der Waals surface area (Å²) in [5, 5.41) is 44.2. The molecule has 3 aliphatic heterocycles. The Balaban J connectivity index is 1.96. The molecule has 54 heavy (non-hydrogen) atoms. The van der Waals surface area contributed by atoms with Crippen LogP contribution >= 0.6 is 0 Å². The van der Waals surface area contributed by atoms with Gasteiger partial charge in [-0.2, -0.15) is 0 Å². The zero-order valence-corrected chi connectivity index (χ0v) is 33.5. The van der Waals surface area contributed by atoms with Gasteiger partial charge in [-0.25, -0.2) is 0 Å². The number of carbonyl (C=O) groups excluding carboxylic acids is 3. The number of nitrogens with zero attached hydrogens (tertiary/aromatic N) is 1. The predicted octanol–water partition coefficient (Wildman–Crippen LogP) is 1.56. The van der Waals surface area contributed by atoms with Gasteiger partial charge in [-0.05, 0) is 59.7 Å². The molecule has 0 bridgehead atoms. The molecule has 0 spiro atoms. The van der Waals surface area contributed by atoms with E-state index in [2.05, 4.69) is 0 Å². The molecule has 0 aromatic carbocycles. The van der Waals surface area contributed by atoms with E-state index in [9.17, 15) is 34.8 Å². The molecular formula is C39H65NO14. The van der Waals surface area contributed by atoms with Gasteiger partial charge >= 0.3 is 5.97 Å². The van der Waals surface area contributed by atoms with E-state index in [0.717, 1.165) is 6.29 Å². The van der Waals surface area contributed by atoms with Gasteiger partial charge in [0.2, 0.25) is 0 Å². The molecule has 15 heteroatoms. The van der Waals surface area contributed by atoms with Crippen LogP contribution in [-0.2, 0) is 47.5 Å². The topological polar surface area (TPSA) is 200 Å². The van der Waals surface area contributed by atoms with Crippen LogP contribution in [0.15, 0.2) is 23.8 Å². The fraction of sp³-hybridized carbons (Fsp3) is 0.821. The second kappa shape index (κ2) is 21.4. The number of esters is 1. The number of carbonyl (C=O) groups is 3. The fourth-order valence-electron chi connectivity index (χ4n) is 7.76. The van der Waals surface area contributed by atoms with Gasteiger partial charge in [0.1, 0.15) is 36.8 Å². The number of ketones is 1. The first-order valence-electron chi connectivity index (χ1n) is 19.0. The molecule has 4 N–H and O–H groups in total. The third kappa shape index (κ3) is 11.7. The zero-order chi connectivity index (χ0) is 40.4. The lowest BCUT2D eigenvalue weighted by Crippen LogP contribution is -2.63. The summed E-state index contributed by atoms with van der Waals surface area (Å²) in [5.74, 6) is -3.37. The molecule has 0 aromatic heterocycles. The van der Waals surface area contributed by atoms with E-state index in [4.69, 9.17) is 33.2 Å². The Morgan fingerprint density at radius 2 is 1.52 bits per heavy atom. The van der Waals surface area contributed by atoms with Crippen LogP contribution in [0.2, 0.25) is 0 Å². The van der Waals surface area contributed by atoms with Crippen molar-refractivity contribution in [3.8, 4) is 0 Å². The highest BCUT2D eigenvalue weighted by Gasteiger charge is 2.48. The quantitative estimate of drug-likeness (QED) is 0.174. The molecule has 3 heterocycles. The van der Waals surface area contributed by atoms with Crippen LogP contribution in [-0.4, -0.2) is 158 Å². The Labute approximate surface area is 319 Å². The standard InChI is InChI=1S/C39H65NO14/c1-11-29-26(19-50-39-37(49-10)36(48-9)33(46)24(6)52-39)16-20(2)12-13-27(42)21(3)17-25(14-15-41)35(22(4)28(43)18-30(44)53-29)54-38-34(47)31(40(7)8)32(45)23(5)51-38/h12-13,15-16,21-26,28-29,31-39,43,45-47H,11,14,17-19H2,1-10H3/b13-12-,20-16-. The molecule has 2 fully saturated rings. The maximum atomic E-state index is 13.6. The van der Waals surface area contributed by atoms with Crippen LogP contribution in [0.3, 0.4) is 0 Å². The van der Waals surface area contributed by atoms with Crippen molar-refractivity contribution in [1.82, 2.24) is 4.90 Å². The minimum Gasteiger partial charge on any atom is -0.462 e. The number of methoxy groups -OCH3 is 2. The van der Waals surface area contributed by atoms with Crippen LogP contribution in [0.1, 0.15) is 67.2 Å². The first kappa shape index (κ1) is 46.2. The number of rotatable bonds is 11. The largest absolute Gasteiger partial charge is 0.462 e. The fourth-order valence-corrected chi connectivity index (χ4v) is 7.76. The molecule has 2 saturated heterocycles. The van der Waals surface area contributed by atoms with Gasteiger partial charge < -0.3 is 63.3 Å². The first-order valence-corrected chi connectivity index (χ1v) is 19.0. The smallest absolute Gasteiger partial charge is 0.308 e. The lowest BCUT2D eigenvalue weighted by Gasteiger charge is -2.46. The van der Waals surface area contributed by atoms with Crippen molar-refractivity contribution in [3.63, 3.8) is 0 Å². The number of ether oxygens (including phenoxy) is 7. The molecule has 3 rings (SSSR count). The van der Waals surface area contributed by atoms with Gasteiger partial charge in [0.05, 0.1) is 49.6 Å². The lowest BCUT2D eigenvalue weighted by atomic mass is 9.79. The van der Waals surface area contributed by atoms with Gasteiger partial charge in [0.25, 0.3) is 0 Å². The summed E-state index contributed by atoms with van der Waals surface area (Å²) in [5.41, 5.74) is 0.701. The van der Waals surface area contributed by atoms with Crippen molar-refractivity contribution in [2.45, 2.75) is 147 Å². The number of likely N-dealkylation sites (N-methyl/N-ethyl adjacent to an activating group) is 1. The second-order valence-electron chi connectivity index (χ2n) is 15.4. The normalized spacial score (nSPS) is 43.6. The number of cyclic esters (lactones) is 1.